The number of carbonyl (C=O) groups excluding carboxylic acids is 1. The number of benzene rings is 1. The topological polar surface area (TPSA) is 69.7 Å². The molecule has 1 aromatic rings. The summed E-state index contributed by atoms with van der Waals surface area (Å²) < 4.78 is 46.8. The maximum absolute atomic E-state index is 14.4. The summed E-state index contributed by atoms with van der Waals surface area (Å²) in [7, 11) is -2.72. The SMILES string of the molecule is COC(=O)c1cc(F)c(OS(C)(=O)=O)c(C2=CCCC2(C)C)c1. The second kappa shape index (κ2) is 5.96. The van der Waals surface area contributed by atoms with Crippen LogP contribution >= 0.6 is 0 Å². The first-order chi connectivity index (χ1) is 10.5. The first-order valence-corrected chi connectivity index (χ1v) is 8.89. The molecule has 0 radical (unpaired) electrons. The number of allylic oxidation sites excluding steroid dienone is 2. The van der Waals surface area contributed by atoms with Gasteiger partial charge in [-0.05, 0) is 36.0 Å². The number of halogens is 1. The van der Waals surface area contributed by atoms with E-state index in [9.17, 15) is 17.6 Å². The molecular formula is C16H19FO5S. The second-order valence-electron chi connectivity index (χ2n) is 6.15. The van der Waals surface area contributed by atoms with Crippen molar-refractivity contribution in [2.75, 3.05) is 13.4 Å². The van der Waals surface area contributed by atoms with E-state index in [0.717, 1.165) is 30.7 Å². The molecule has 0 aromatic heterocycles. The zero-order valence-corrected chi connectivity index (χ0v) is 14.3. The van der Waals surface area contributed by atoms with Crippen molar-refractivity contribution < 1.29 is 26.5 Å². The van der Waals surface area contributed by atoms with Crippen LogP contribution in [0.1, 0.15) is 42.6 Å². The highest BCUT2D eigenvalue weighted by atomic mass is 32.2. The lowest BCUT2D eigenvalue weighted by molar-refractivity contribution is 0.0600. The van der Waals surface area contributed by atoms with Crippen molar-refractivity contribution in [3.05, 3.63) is 35.2 Å². The van der Waals surface area contributed by atoms with Crippen LogP contribution in [-0.4, -0.2) is 27.8 Å². The highest BCUT2D eigenvalue weighted by Gasteiger charge is 2.32. The molecule has 0 bridgehead atoms. The normalized spacial score (nSPS) is 16.8. The number of methoxy groups -OCH3 is 1. The molecule has 0 heterocycles. The van der Waals surface area contributed by atoms with Gasteiger partial charge in [0.05, 0.1) is 18.9 Å². The molecule has 0 saturated heterocycles. The summed E-state index contributed by atoms with van der Waals surface area (Å²) in [5.74, 6) is -2.01. The zero-order valence-electron chi connectivity index (χ0n) is 13.5. The van der Waals surface area contributed by atoms with Crippen molar-refractivity contribution in [2.24, 2.45) is 5.41 Å². The van der Waals surface area contributed by atoms with Gasteiger partial charge in [0, 0.05) is 5.56 Å². The Morgan fingerprint density at radius 1 is 1.30 bits per heavy atom. The predicted molar refractivity (Wildman–Crippen MR) is 84.2 cm³/mol. The predicted octanol–water partition coefficient (Wildman–Crippen LogP) is 3.15. The van der Waals surface area contributed by atoms with Crippen LogP contribution in [0.25, 0.3) is 5.57 Å². The number of hydrogen-bond acceptors (Lipinski definition) is 5. The van der Waals surface area contributed by atoms with Crippen molar-refractivity contribution in [2.45, 2.75) is 26.7 Å². The van der Waals surface area contributed by atoms with E-state index in [2.05, 4.69) is 4.74 Å². The third-order valence-corrected chi connectivity index (χ3v) is 4.31. The summed E-state index contributed by atoms with van der Waals surface area (Å²) in [5.41, 5.74) is 0.736. The van der Waals surface area contributed by atoms with Gasteiger partial charge in [-0.25, -0.2) is 9.18 Å². The molecule has 0 atom stereocenters. The number of hydrogen-bond donors (Lipinski definition) is 0. The Morgan fingerprint density at radius 3 is 2.43 bits per heavy atom. The fraction of sp³-hybridized carbons (Fsp3) is 0.438. The summed E-state index contributed by atoms with van der Waals surface area (Å²) in [6, 6.07) is 2.33. The minimum atomic E-state index is -3.91. The van der Waals surface area contributed by atoms with Gasteiger partial charge in [0.25, 0.3) is 0 Å². The van der Waals surface area contributed by atoms with Gasteiger partial charge in [0.1, 0.15) is 0 Å². The summed E-state index contributed by atoms with van der Waals surface area (Å²) >= 11 is 0. The van der Waals surface area contributed by atoms with Crippen LogP contribution < -0.4 is 4.18 Å². The molecule has 1 aliphatic carbocycles. The fourth-order valence-corrected chi connectivity index (χ4v) is 3.20. The van der Waals surface area contributed by atoms with E-state index in [1.165, 1.54) is 13.2 Å². The van der Waals surface area contributed by atoms with Crippen LogP contribution in [0.5, 0.6) is 5.75 Å². The fourth-order valence-electron chi connectivity index (χ4n) is 2.73. The molecular weight excluding hydrogens is 323 g/mol. The molecule has 126 valence electrons. The van der Waals surface area contributed by atoms with Crippen molar-refractivity contribution in [1.82, 2.24) is 0 Å². The third kappa shape index (κ3) is 3.72. The van der Waals surface area contributed by atoms with Crippen LogP contribution in [0.3, 0.4) is 0 Å². The molecule has 23 heavy (non-hydrogen) atoms. The summed E-state index contributed by atoms with van der Waals surface area (Å²) in [4.78, 5) is 11.7. The highest BCUT2D eigenvalue weighted by molar-refractivity contribution is 7.86. The van der Waals surface area contributed by atoms with Crippen molar-refractivity contribution >= 4 is 21.7 Å². The average molecular weight is 342 g/mol. The van der Waals surface area contributed by atoms with Gasteiger partial charge in [0.2, 0.25) is 0 Å². The van der Waals surface area contributed by atoms with E-state index in [0.29, 0.717) is 0 Å². The second-order valence-corrected chi connectivity index (χ2v) is 7.73. The van der Waals surface area contributed by atoms with Gasteiger partial charge < -0.3 is 8.92 Å². The Balaban J connectivity index is 2.69. The Morgan fingerprint density at radius 2 is 1.96 bits per heavy atom. The van der Waals surface area contributed by atoms with Gasteiger partial charge in [0.15, 0.2) is 11.6 Å². The standard InChI is InChI=1S/C16H19FO5S/c1-16(2)7-5-6-12(16)11-8-10(15(18)21-3)9-13(17)14(11)22-23(4,19)20/h6,8-9H,5,7H2,1-4H3. The van der Waals surface area contributed by atoms with Crippen LogP contribution in [0.4, 0.5) is 4.39 Å². The van der Waals surface area contributed by atoms with E-state index < -0.39 is 21.9 Å². The minimum Gasteiger partial charge on any atom is -0.465 e. The molecule has 0 amide bonds. The van der Waals surface area contributed by atoms with Gasteiger partial charge in [-0.1, -0.05) is 19.9 Å². The Labute approximate surface area is 135 Å². The third-order valence-electron chi connectivity index (χ3n) is 3.84. The average Bonchev–Trinajstić information content (AvgIpc) is 2.78. The maximum atomic E-state index is 14.4. The van der Waals surface area contributed by atoms with E-state index in [-0.39, 0.29) is 22.3 Å². The number of esters is 1. The largest absolute Gasteiger partial charge is 0.465 e. The van der Waals surface area contributed by atoms with Gasteiger partial charge >= 0.3 is 16.1 Å². The first kappa shape index (κ1) is 17.5. The Hall–Kier alpha value is -1.89. The van der Waals surface area contributed by atoms with Gasteiger partial charge in [-0.2, -0.15) is 8.42 Å². The van der Waals surface area contributed by atoms with E-state index >= 15 is 0 Å². The van der Waals surface area contributed by atoms with Crippen LogP contribution in [0.2, 0.25) is 0 Å². The van der Waals surface area contributed by atoms with Crippen LogP contribution in [0.15, 0.2) is 18.2 Å². The molecule has 0 aliphatic heterocycles. The smallest absolute Gasteiger partial charge is 0.337 e. The monoisotopic (exact) mass is 342 g/mol. The molecule has 0 spiro atoms. The quantitative estimate of drug-likeness (QED) is 0.621. The summed E-state index contributed by atoms with van der Waals surface area (Å²) in [5, 5.41) is 0. The summed E-state index contributed by atoms with van der Waals surface area (Å²) in [6.07, 6.45) is 4.37. The molecule has 1 aromatic carbocycles. The van der Waals surface area contributed by atoms with Gasteiger partial charge in [-0.3, -0.25) is 0 Å². The Bertz CT molecular complexity index is 778. The minimum absolute atomic E-state index is 0.00412. The van der Waals surface area contributed by atoms with Crippen LogP contribution in [-0.2, 0) is 14.9 Å². The van der Waals surface area contributed by atoms with E-state index in [1.807, 2.05) is 19.9 Å². The number of rotatable bonds is 4. The van der Waals surface area contributed by atoms with Crippen molar-refractivity contribution in [3.63, 3.8) is 0 Å². The van der Waals surface area contributed by atoms with Gasteiger partial charge in [-0.15, -0.1) is 0 Å². The zero-order chi connectivity index (χ0) is 17.4. The molecule has 2 rings (SSSR count). The van der Waals surface area contributed by atoms with Crippen molar-refractivity contribution in [1.29, 1.82) is 0 Å². The van der Waals surface area contributed by atoms with Crippen molar-refractivity contribution in [3.8, 4) is 5.75 Å². The lowest BCUT2D eigenvalue weighted by Crippen LogP contribution is -2.15. The van der Waals surface area contributed by atoms with Crippen LogP contribution in [0, 0.1) is 11.2 Å². The number of carbonyl (C=O) groups is 1. The highest BCUT2D eigenvalue weighted by Crippen LogP contribution is 2.47. The molecule has 0 saturated carbocycles. The molecule has 0 N–H and O–H groups in total. The lowest BCUT2D eigenvalue weighted by atomic mass is 9.81. The molecule has 7 heteroatoms. The van der Waals surface area contributed by atoms with E-state index in [1.54, 1.807) is 0 Å². The first-order valence-electron chi connectivity index (χ1n) is 7.07. The maximum Gasteiger partial charge on any atom is 0.337 e. The molecule has 5 nitrogen and oxygen atoms in total. The number of ether oxygens (including phenoxy) is 1. The molecule has 0 fully saturated rings. The lowest BCUT2D eigenvalue weighted by Gasteiger charge is -2.24. The molecule has 0 unspecified atom stereocenters. The molecule has 1 aliphatic rings. The van der Waals surface area contributed by atoms with E-state index in [4.69, 9.17) is 4.18 Å². The summed E-state index contributed by atoms with van der Waals surface area (Å²) in [6.45, 7) is 3.94. The Kier molecular flexibility index (Phi) is 4.52.